The molecule has 0 radical (unpaired) electrons. The summed E-state index contributed by atoms with van der Waals surface area (Å²) in [6.45, 7) is 9.67. The summed E-state index contributed by atoms with van der Waals surface area (Å²) in [5.74, 6) is -0.670. The number of hydrogen-bond acceptors (Lipinski definition) is 8. The van der Waals surface area contributed by atoms with Crippen molar-refractivity contribution in [2.24, 2.45) is 0 Å². The first-order valence-electron chi connectivity index (χ1n) is 12.4. The zero-order valence-corrected chi connectivity index (χ0v) is 20.6. The Hall–Kier alpha value is -1.96. The van der Waals surface area contributed by atoms with E-state index in [1.54, 1.807) is 0 Å². The quantitative estimate of drug-likeness (QED) is 0.284. The molecule has 4 amide bonds. The SMILES string of the molecule is C[N+]1(CN2C(=O)CN(CCN3CC(=O)N(C[N+]4(C)CCNCC4)C(=O)C3)CC2=O)CCNCC1. The third kappa shape index (κ3) is 5.99. The summed E-state index contributed by atoms with van der Waals surface area (Å²) >= 11 is 0. The number of rotatable bonds is 7. The Labute approximate surface area is 201 Å². The van der Waals surface area contributed by atoms with Gasteiger partial charge >= 0.3 is 0 Å². The minimum Gasteiger partial charge on any atom is -0.306 e. The van der Waals surface area contributed by atoms with E-state index in [2.05, 4.69) is 24.7 Å². The van der Waals surface area contributed by atoms with Crippen molar-refractivity contribution in [2.45, 2.75) is 0 Å². The van der Waals surface area contributed by atoms with Gasteiger partial charge in [0.15, 0.2) is 13.3 Å². The first kappa shape index (κ1) is 25.1. The largest absolute Gasteiger partial charge is 0.306 e. The predicted molar refractivity (Wildman–Crippen MR) is 124 cm³/mol. The maximum Gasteiger partial charge on any atom is 0.247 e. The summed E-state index contributed by atoms with van der Waals surface area (Å²) in [5.41, 5.74) is 0. The van der Waals surface area contributed by atoms with Crippen molar-refractivity contribution in [3.05, 3.63) is 0 Å². The maximum atomic E-state index is 12.8. The molecule has 0 aliphatic carbocycles. The smallest absolute Gasteiger partial charge is 0.247 e. The third-order valence-electron chi connectivity index (χ3n) is 7.65. The molecule has 0 unspecified atom stereocenters. The van der Waals surface area contributed by atoms with Crippen molar-refractivity contribution < 1.29 is 28.1 Å². The molecule has 0 spiro atoms. The van der Waals surface area contributed by atoms with Crippen molar-refractivity contribution in [2.75, 3.05) is 119 Å². The number of likely N-dealkylation sites (N-methyl/N-ethyl adjacent to an activating group) is 2. The molecule has 0 aromatic rings. The van der Waals surface area contributed by atoms with Crippen LogP contribution in [0.15, 0.2) is 0 Å². The number of hydrogen-bond donors (Lipinski definition) is 2. The Balaban J connectivity index is 1.24. The number of piperazine rings is 4. The molecule has 0 aromatic carbocycles. The highest BCUT2D eigenvalue weighted by Crippen LogP contribution is 2.14. The van der Waals surface area contributed by atoms with E-state index in [-0.39, 0.29) is 49.8 Å². The molecule has 12 heteroatoms. The Morgan fingerprint density at radius 1 is 0.588 bits per heavy atom. The number of carbonyl (C=O) groups excluding carboxylic acids is 4. The Kier molecular flexibility index (Phi) is 7.65. The molecule has 4 fully saturated rings. The summed E-state index contributed by atoms with van der Waals surface area (Å²) in [7, 11) is 4.18. The van der Waals surface area contributed by atoms with Crippen LogP contribution in [0.25, 0.3) is 0 Å². The minimum atomic E-state index is -0.168. The van der Waals surface area contributed by atoms with E-state index in [9.17, 15) is 19.2 Å². The highest BCUT2D eigenvalue weighted by Gasteiger charge is 2.39. The zero-order chi connectivity index (χ0) is 24.3. The topological polar surface area (TPSA) is 105 Å². The molecular weight excluding hydrogens is 440 g/mol. The lowest BCUT2D eigenvalue weighted by molar-refractivity contribution is -0.918. The van der Waals surface area contributed by atoms with E-state index < -0.39 is 0 Å². The van der Waals surface area contributed by atoms with Crippen LogP contribution >= 0.6 is 0 Å². The van der Waals surface area contributed by atoms with Gasteiger partial charge in [-0.05, 0) is 0 Å². The van der Waals surface area contributed by atoms with Crippen LogP contribution < -0.4 is 10.6 Å². The molecule has 4 saturated heterocycles. The van der Waals surface area contributed by atoms with Gasteiger partial charge in [0.25, 0.3) is 0 Å². The molecule has 4 rings (SSSR count). The van der Waals surface area contributed by atoms with Gasteiger partial charge in [-0.15, -0.1) is 0 Å². The summed E-state index contributed by atoms with van der Waals surface area (Å²) in [4.78, 5) is 57.5. The Morgan fingerprint density at radius 2 is 0.882 bits per heavy atom. The van der Waals surface area contributed by atoms with Gasteiger partial charge in [0.2, 0.25) is 23.6 Å². The molecule has 0 bridgehead atoms. The van der Waals surface area contributed by atoms with Gasteiger partial charge in [0.05, 0.1) is 66.5 Å². The fourth-order valence-corrected chi connectivity index (χ4v) is 5.25. The second kappa shape index (κ2) is 10.3. The van der Waals surface area contributed by atoms with E-state index in [0.29, 0.717) is 35.4 Å². The highest BCUT2D eigenvalue weighted by molar-refractivity contribution is 6.00. The summed E-state index contributed by atoms with van der Waals surface area (Å²) in [6.07, 6.45) is 0. The zero-order valence-electron chi connectivity index (χ0n) is 20.6. The van der Waals surface area contributed by atoms with Gasteiger partial charge in [-0.1, -0.05) is 0 Å². The Bertz CT molecular complexity index is 707. The van der Waals surface area contributed by atoms with E-state index in [1.165, 1.54) is 9.80 Å². The van der Waals surface area contributed by atoms with Crippen LogP contribution in [0.3, 0.4) is 0 Å². The molecule has 4 aliphatic rings. The van der Waals surface area contributed by atoms with E-state index in [0.717, 1.165) is 52.4 Å². The standard InChI is InChI=1S/C22H40N8O4/c1-29(9-3-23-4-10-29)17-27-19(31)13-25(14-20(27)32)7-8-26-15-21(33)28(22(34)16-26)18-30(2)11-5-24-6-12-30/h23-24H,3-18H2,1-2H3/q+2. The van der Waals surface area contributed by atoms with Crippen LogP contribution in [0.5, 0.6) is 0 Å². The normalized spacial score (nSPS) is 26.9. The minimum absolute atomic E-state index is 0.168. The van der Waals surface area contributed by atoms with Crippen molar-refractivity contribution in [3.63, 3.8) is 0 Å². The first-order chi connectivity index (χ1) is 16.2. The maximum absolute atomic E-state index is 12.8. The molecular formula is C22H40N8O4+2. The molecule has 4 aliphatic heterocycles. The predicted octanol–water partition coefficient (Wildman–Crippen LogP) is -3.66. The van der Waals surface area contributed by atoms with Gasteiger partial charge in [-0.2, -0.15) is 0 Å². The van der Waals surface area contributed by atoms with Gasteiger partial charge in [0, 0.05) is 39.3 Å². The van der Waals surface area contributed by atoms with Crippen molar-refractivity contribution in [1.29, 1.82) is 0 Å². The van der Waals surface area contributed by atoms with Crippen LogP contribution in [0, 0.1) is 0 Å². The number of nitrogens with zero attached hydrogens (tertiary/aromatic N) is 6. The van der Waals surface area contributed by atoms with Crippen molar-refractivity contribution in [1.82, 2.24) is 30.2 Å². The molecule has 12 nitrogen and oxygen atoms in total. The average Bonchev–Trinajstić information content (AvgIpc) is 2.78. The van der Waals surface area contributed by atoms with Gasteiger partial charge in [0.1, 0.15) is 0 Å². The summed E-state index contributed by atoms with van der Waals surface area (Å²) in [5, 5.41) is 6.63. The molecule has 4 heterocycles. The highest BCUT2D eigenvalue weighted by atomic mass is 16.2. The lowest BCUT2D eigenvalue weighted by Gasteiger charge is -2.43. The van der Waals surface area contributed by atoms with Crippen LogP contribution in [0.4, 0.5) is 0 Å². The number of amides is 4. The van der Waals surface area contributed by atoms with Gasteiger partial charge in [-0.3, -0.25) is 29.0 Å². The van der Waals surface area contributed by atoms with Crippen LogP contribution in [0.2, 0.25) is 0 Å². The molecule has 190 valence electrons. The molecule has 0 saturated carbocycles. The fraction of sp³-hybridized carbons (Fsp3) is 0.818. The van der Waals surface area contributed by atoms with Crippen molar-refractivity contribution in [3.8, 4) is 0 Å². The van der Waals surface area contributed by atoms with E-state index in [4.69, 9.17) is 0 Å². The summed E-state index contributed by atoms with van der Waals surface area (Å²) < 4.78 is 1.38. The molecule has 2 N–H and O–H groups in total. The fourth-order valence-electron chi connectivity index (χ4n) is 5.25. The van der Waals surface area contributed by atoms with Gasteiger partial charge < -0.3 is 19.6 Å². The van der Waals surface area contributed by atoms with Crippen LogP contribution in [0.1, 0.15) is 0 Å². The van der Waals surface area contributed by atoms with Crippen molar-refractivity contribution >= 4 is 23.6 Å². The second-order valence-electron chi connectivity index (χ2n) is 10.8. The molecule has 34 heavy (non-hydrogen) atoms. The summed E-state index contributed by atoms with van der Waals surface area (Å²) in [6, 6.07) is 0. The van der Waals surface area contributed by atoms with Crippen LogP contribution in [-0.2, 0) is 19.2 Å². The third-order valence-corrected chi connectivity index (χ3v) is 7.65. The molecule has 0 aromatic heterocycles. The monoisotopic (exact) mass is 480 g/mol. The molecule has 0 atom stereocenters. The van der Waals surface area contributed by atoms with Gasteiger partial charge in [-0.25, -0.2) is 9.80 Å². The second-order valence-corrected chi connectivity index (χ2v) is 10.8. The Morgan fingerprint density at radius 3 is 1.18 bits per heavy atom. The number of quaternary nitrogens is 2. The lowest BCUT2D eigenvalue weighted by atomic mass is 10.2. The lowest BCUT2D eigenvalue weighted by Crippen LogP contribution is -2.65. The first-order valence-corrected chi connectivity index (χ1v) is 12.4. The van der Waals surface area contributed by atoms with E-state index in [1.807, 2.05) is 9.80 Å². The van der Waals surface area contributed by atoms with Crippen LogP contribution in [-0.4, -0.2) is 171 Å². The number of imide groups is 2. The number of carbonyl (C=O) groups is 4. The average molecular weight is 481 g/mol. The van der Waals surface area contributed by atoms with E-state index >= 15 is 0 Å². The number of nitrogens with one attached hydrogen (secondary N) is 2.